The largest absolute Gasteiger partial charge is 0.467 e. The van der Waals surface area contributed by atoms with Crippen molar-refractivity contribution in [3.05, 3.63) is 76.3 Å². The van der Waals surface area contributed by atoms with E-state index < -0.39 is 5.97 Å². The van der Waals surface area contributed by atoms with E-state index in [2.05, 4.69) is 0 Å². The number of furan rings is 2. The van der Waals surface area contributed by atoms with Gasteiger partial charge in [0.2, 0.25) is 0 Å². The minimum absolute atomic E-state index is 0.0153. The second-order valence-electron chi connectivity index (χ2n) is 7.84. The Kier molecular flexibility index (Phi) is 5.77. The molecule has 5 rings (SSSR count). The van der Waals surface area contributed by atoms with Gasteiger partial charge in [-0.2, -0.15) is 16.4 Å². The van der Waals surface area contributed by atoms with Crippen molar-refractivity contribution in [1.29, 1.82) is 0 Å². The number of carbonyl (C=O) groups is 2. The van der Waals surface area contributed by atoms with E-state index in [9.17, 15) is 9.59 Å². The van der Waals surface area contributed by atoms with Crippen molar-refractivity contribution >= 4 is 35.0 Å². The van der Waals surface area contributed by atoms with Crippen molar-refractivity contribution in [2.45, 2.75) is 31.7 Å². The highest BCUT2D eigenvalue weighted by Gasteiger charge is 2.45. The van der Waals surface area contributed by atoms with E-state index in [1.165, 1.54) is 16.3 Å². The molecule has 8 heteroatoms. The van der Waals surface area contributed by atoms with Crippen LogP contribution in [0.4, 0.5) is 0 Å². The van der Waals surface area contributed by atoms with E-state index in [4.69, 9.17) is 18.7 Å². The molecule has 1 aliphatic heterocycles. The highest BCUT2D eigenvalue weighted by Crippen LogP contribution is 2.44. The molecule has 1 aliphatic carbocycles. The molecule has 0 spiro atoms. The molecule has 3 aromatic rings. The second-order valence-corrected chi connectivity index (χ2v) is 8.62. The van der Waals surface area contributed by atoms with Crippen molar-refractivity contribution in [3.8, 4) is 0 Å². The molecule has 32 heavy (non-hydrogen) atoms. The predicted octanol–water partition coefficient (Wildman–Crippen LogP) is 4.84. The summed E-state index contributed by atoms with van der Waals surface area (Å²) in [5.41, 5.74) is 2.80. The molecule has 2 atom stereocenters. The summed E-state index contributed by atoms with van der Waals surface area (Å²) in [5.74, 6) is 0.635. The first-order valence-electron chi connectivity index (χ1n) is 10.5. The summed E-state index contributed by atoms with van der Waals surface area (Å²) < 4.78 is 16.4. The normalized spacial score (nSPS) is 21.4. The fraction of sp³-hybridized carbons (Fsp3) is 0.292. The fourth-order valence-corrected chi connectivity index (χ4v) is 4.98. The number of fused-ring (bicyclic) bond motifs is 1. The Morgan fingerprint density at radius 1 is 1.22 bits per heavy atom. The minimum atomic E-state index is -0.436. The number of rotatable bonds is 6. The van der Waals surface area contributed by atoms with E-state index in [-0.39, 0.29) is 30.9 Å². The van der Waals surface area contributed by atoms with Gasteiger partial charge < -0.3 is 13.6 Å². The molecular weight excluding hydrogens is 428 g/mol. The van der Waals surface area contributed by atoms with Crippen molar-refractivity contribution in [3.63, 3.8) is 0 Å². The summed E-state index contributed by atoms with van der Waals surface area (Å²) in [4.78, 5) is 25.2. The van der Waals surface area contributed by atoms with E-state index in [1.54, 1.807) is 18.6 Å². The van der Waals surface area contributed by atoms with Gasteiger partial charge in [-0.15, -0.1) is 0 Å². The molecule has 4 heterocycles. The zero-order valence-electron chi connectivity index (χ0n) is 17.3. The summed E-state index contributed by atoms with van der Waals surface area (Å²) >= 11 is 1.51. The topological polar surface area (TPSA) is 85.3 Å². The van der Waals surface area contributed by atoms with Gasteiger partial charge in [-0.25, -0.2) is 5.01 Å². The number of hydrogen-bond acceptors (Lipinski definition) is 7. The zero-order chi connectivity index (χ0) is 21.9. The third-order valence-corrected chi connectivity index (χ3v) is 6.47. The summed E-state index contributed by atoms with van der Waals surface area (Å²) in [6.07, 6.45) is 8.09. The lowest BCUT2D eigenvalue weighted by Crippen LogP contribution is -2.34. The van der Waals surface area contributed by atoms with Gasteiger partial charge in [0.05, 0.1) is 24.7 Å². The quantitative estimate of drug-likeness (QED) is 0.502. The molecule has 1 fully saturated rings. The first-order chi connectivity index (χ1) is 15.7. The van der Waals surface area contributed by atoms with Crippen LogP contribution in [-0.2, 0) is 20.7 Å². The third kappa shape index (κ3) is 4.18. The molecule has 2 aliphatic rings. The lowest BCUT2D eigenvalue weighted by molar-refractivity contribution is -0.152. The first kappa shape index (κ1) is 20.5. The monoisotopic (exact) mass is 450 g/mol. The van der Waals surface area contributed by atoms with Crippen LogP contribution in [0, 0.1) is 5.92 Å². The number of ether oxygens (including phenoxy) is 1. The van der Waals surface area contributed by atoms with E-state index in [0.29, 0.717) is 5.76 Å². The molecule has 3 aromatic heterocycles. The van der Waals surface area contributed by atoms with Gasteiger partial charge in [0.25, 0.3) is 5.91 Å². The highest BCUT2D eigenvalue weighted by molar-refractivity contribution is 7.08. The summed E-state index contributed by atoms with van der Waals surface area (Å²) in [7, 11) is 0. The maximum Gasteiger partial charge on any atom is 0.310 e. The number of thiophene rings is 1. The van der Waals surface area contributed by atoms with Crippen LogP contribution in [0.1, 0.15) is 42.4 Å². The molecule has 0 N–H and O–H groups in total. The number of esters is 1. The summed E-state index contributed by atoms with van der Waals surface area (Å²) in [6.45, 7) is -0.360. The molecule has 0 bridgehead atoms. The molecule has 1 amide bonds. The van der Waals surface area contributed by atoms with E-state index in [0.717, 1.165) is 41.9 Å². The van der Waals surface area contributed by atoms with E-state index in [1.807, 2.05) is 41.1 Å². The highest BCUT2D eigenvalue weighted by atomic mass is 32.1. The number of amides is 1. The van der Waals surface area contributed by atoms with Gasteiger partial charge in [-0.3, -0.25) is 9.59 Å². The minimum Gasteiger partial charge on any atom is -0.467 e. The maximum atomic E-state index is 13.1. The number of carbonyl (C=O) groups excluding carboxylic acids is 2. The van der Waals surface area contributed by atoms with Crippen LogP contribution in [-0.4, -0.2) is 29.2 Å². The van der Waals surface area contributed by atoms with Gasteiger partial charge >= 0.3 is 5.97 Å². The van der Waals surface area contributed by atoms with Crippen molar-refractivity contribution in [2.75, 3.05) is 6.61 Å². The van der Waals surface area contributed by atoms with E-state index >= 15 is 0 Å². The van der Waals surface area contributed by atoms with Gasteiger partial charge in [-0.05, 0) is 77.6 Å². The van der Waals surface area contributed by atoms with Crippen LogP contribution >= 0.6 is 11.3 Å². The Bertz CT molecular complexity index is 1130. The summed E-state index contributed by atoms with van der Waals surface area (Å²) in [6, 6.07) is 8.91. The lowest BCUT2D eigenvalue weighted by Gasteiger charge is -2.27. The van der Waals surface area contributed by atoms with Crippen molar-refractivity contribution in [1.82, 2.24) is 5.01 Å². The van der Waals surface area contributed by atoms with Crippen molar-refractivity contribution < 1.29 is 23.2 Å². The fourth-order valence-electron chi connectivity index (χ4n) is 4.31. The molecule has 0 saturated heterocycles. The van der Waals surface area contributed by atoms with Gasteiger partial charge in [-0.1, -0.05) is 0 Å². The molecular formula is C24H22N2O5S. The summed E-state index contributed by atoms with van der Waals surface area (Å²) in [5, 5.41) is 9.92. The first-order valence-corrected chi connectivity index (χ1v) is 11.5. The average molecular weight is 451 g/mol. The third-order valence-electron chi connectivity index (χ3n) is 5.74. The number of nitrogens with zero attached hydrogens (tertiary/aromatic N) is 2. The molecule has 2 unspecified atom stereocenters. The smallest absolute Gasteiger partial charge is 0.310 e. The standard InChI is InChI=1S/C24H22N2O5S/c27-21(14-31-22(28)12-16-8-11-32-15-16)26-24(20-7-3-10-30-20)19-6-1-4-17(23(19)25-26)13-18-5-2-9-29-18/h2-3,5,7-11,13,15,19,24H,1,4,6,12,14H2. The second kappa shape index (κ2) is 9.00. The van der Waals surface area contributed by atoms with Crippen LogP contribution in [0.2, 0.25) is 0 Å². The molecule has 7 nitrogen and oxygen atoms in total. The Morgan fingerprint density at radius 3 is 2.84 bits per heavy atom. The number of allylic oxidation sites excluding steroid dienone is 1. The van der Waals surface area contributed by atoms with Crippen molar-refractivity contribution in [2.24, 2.45) is 11.0 Å². The number of hydrazone groups is 1. The van der Waals surface area contributed by atoms with Gasteiger partial charge in [0.1, 0.15) is 17.6 Å². The Balaban J connectivity index is 1.37. The SMILES string of the molecule is O=C(Cc1ccsc1)OCC(=O)N1N=C2C(=Cc3ccco3)CCCC2C1c1ccco1. The Morgan fingerprint density at radius 2 is 2.09 bits per heavy atom. The lowest BCUT2D eigenvalue weighted by atomic mass is 9.79. The van der Waals surface area contributed by atoms with Crippen LogP contribution in [0.15, 0.2) is 73.1 Å². The van der Waals surface area contributed by atoms with Crippen LogP contribution in [0.3, 0.4) is 0 Å². The van der Waals surface area contributed by atoms with Crippen LogP contribution < -0.4 is 0 Å². The van der Waals surface area contributed by atoms with Gasteiger partial charge in [0.15, 0.2) is 6.61 Å². The van der Waals surface area contributed by atoms with Gasteiger partial charge in [0, 0.05) is 5.92 Å². The molecule has 164 valence electrons. The average Bonchev–Trinajstić information content (AvgIpc) is 3.59. The maximum absolute atomic E-state index is 13.1. The Hall–Kier alpha value is -3.39. The molecule has 1 saturated carbocycles. The number of hydrogen-bond donors (Lipinski definition) is 0. The molecule has 0 aromatic carbocycles. The molecule has 0 radical (unpaired) electrons. The zero-order valence-corrected chi connectivity index (χ0v) is 18.1. The van der Waals surface area contributed by atoms with Crippen LogP contribution in [0.5, 0.6) is 0 Å². The Labute approximate surface area is 189 Å². The predicted molar refractivity (Wildman–Crippen MR) is 119 cm³/mol. The van der Waals surface area contributed by atoms with Crippen LogP contribution in [0.25, 0.3) is 6.08 Å².